The van der Waals surface area contributed by atoms with Crippen LogP contribution in [0.15, 0.2) is 29.6 Å². The zero-order valence-corrected chi connectivity index (χ0v) is 19.6. The minimum atomic E-state index is 0.269. The SMILES string of the molecule is COc1cc(C)c(CN2CCN(C(=O)CN3CCCC3c3cccs3)CC2)cc1OC. The number of benzene rings is 1. The molecule has 2 aliphatic heterocycles. The third-order valence-electron chi connectivity index (χ3n) is 6.53. The summed E-state index contributed by atoms with van der Waals surface area (Å²) < 4.78 is 10.9. The largest absolute Gasteiger partial charge is 0.493 e. The van der Waals surface area contributed by atoms with Gasteiger partial charge in [0.1, 0.15) is 0 Å². The number of likely N-dealkylation sites (tertiary alicyclic amines) is 1. The van der Waals surface area contributed by atoms with Crippen molar-refractivity contribution in [2.75, 3.05) is 53.5 Å². The summed E-state index contributed by atoms with van der Waals surface area (Å²) in [6.45, 7) is 7.91. The molecule has 168 valence electrons. The molecule has 1 unspecified atom stereocenters. The van der Waals surface area contributed by atoms with E-state index in [1.165, 1.54) is 22.4 Å². The smallest absolute Gasteiger partial charge is 0.236 e. The summed E-state index contributed by atoms with van der Waals surface area (Å²) in [5, 5.41) is 2.13. The van der Waals surface area contributed by atoms with Gasteiger partial charge in [0.15, 0.2) is 11.5 Å². The van der Waals surface area contributed by atoms with E-state index in [0.29, 0.717) is 12.6 Å². The van der Waals surface area contributed by atoms with E-state index < -0.39 is 0 Å². The molecule has 0 spiro atoms. The van der Waals surface area contributed by atoms with Crippen LogP contribution in [-0.2, 0) is 11.3 Å². The predicted octanol–water partition coefficient (Wildman–Crippen LogP) is 3.56. The number of piperazine rings is 1. The maximum Gasteiger partial charge on any atom is 0.236 e. The minimum Gasteiger partial charge on any atom is -0.493 e. The van der Waals surface area contributed by atoms with Gasteiger partial charge in [-0.05, 0) is 61.0 Å². The van der Waals surface area contributed by atoms with Crippen LogP contribution in [0.5, 0.6) is 11.5 Å². The second-order valence-corrected chi connectivity index (χ2v) is 9.41. The van der Waals surface area contributed by atoms with Gasteiger partial charge in [0.2, 0.25) is 5.91 Å². The molecule has 4 rings (SSSR count). The number of rotatable bonds is 7. The lowest BCUT2D eigenvalue weighted by molar-refractivity contribution is -0.134. The van der Waals surface area contributed by atoms with Crippen LogP contribution < -0.4 is 9.47 Å². The summed E-state index contributed by atoms with van der Waals surface area (Å²) >= 11 is 1.80. The van der Waals surface area contributed by atoms with E-state index in [1.807, 2.05) is 11.0 Å². The van der Waals surface area contributed by atoms with Gasteiger partial charge < -0.3 is 14.4 Å². The van der Waals surface area contributed by atoms with Gasteiger partial charge in [0, 0.05) is 43.6 Å². The highest BCUT2D eigenvalue weighted by molar-refractivity contribution is 7.10. The van der Waals surface area contributed by atoms with Gasteiger partial charge in [-0.2, -0.15) is 0 Å². The fourth-order valence-electron chi connectivity index (χ4n) is 4.68. The molecule has 7 heteroatoms. The number of carbonyl (C=O) groups is 1. The molecule has 0 bridgehead atoms. The topological polar surface area (TPSA) is 45.2 Å². The van der Waals surface area contributed by atoms with E-state index in [4.69, 9.17) is 9.47 Å². The molecule has 0 saturated carbocycles. The van der Waals surface area contributed by atoms with Crippen molar-refractivity contribution in [2.45, 2.75) is 32.4 Å². The molecule has 1 atom stereocenters. The van der Waals surface area contributed by atoms with Gasteiger partial charge in [0.05, 0.1) is 20.8 Å². The Bertz CT molecular complexity index is 878. The highest BCUT2D eigenvalue weighted by atomic mass is 32.1. The fourth-order valence-corrected chi connectivity index (χ4v) is 5.58. The maximum atomic E-state index is 13.0. The number of hydrogen-bond acceptors (Lipinski definition) is 6. The van der Waals surface area contributed by atoms with Gasteiger partial charge in [0.25, 0.3) is 0 Å². The summed E-state index contributed by atoms with van der Waals surface area (Å²) in [5.41, 5.74) is 2.44. The molecule has 31 heavy (non-hydrogen) atoms. The number of aryl methyl sites for hydroxylation is 1. The zero-order valence-electron chi connectivity index (χ0n) is 18.8. The summed E-state index contributed by atoms with van der Waals surface area (Å²) in [4.78, 5) is 21.2. The average molecular weight is 444 g/mol. The quantitative estimate of drug-likeness (QED) is 0.655. The Morgan fingerprint density at radius 2 is 1.84 bits per heavy atom. The molecule has 1 aromatic carbocycles. The minimum absolute atomic E-state index is 0.269. The van der Waals surface area contributed by atoms with Crippen molar-refractivity contribution in [1.82, 2.24) is 14.7 Å². The van der Waals surface area contributed by atoms with E-state index >= 15 is 0 Å². The van der Waals surface area contributed by atoms with Crippen LogP contribution in [0.2, 0.25) is 0 Å². The lowest BCUT2D eigenvalue weighted by Crippen LogP contribution is -2.50. The molecule has 1 aromatic heterocycles. The van der Waals surface area contributed by atoms with E-state index in [1.54, 1.807) is 25.6 Å². The van der Waals surface area contributed by atoms with Crippen molar-refractivity contribution < 1.29 is 14.3 Å². The van der Waals surface area contributed by atoms with Crippen molar-refractivity contribution in [2.24, 2.45) is 0 Å². The first-order valence-corrected chi connectivity index (χ1v) is 12.0. The van der Waals surface area contributed by atoms with Crippen LogP contribution in [0.4, 0.5) is 0 Å². The van der Waals surface area contributed by atoms with Gasteiger partial charge in [-0.3, -0.25) is 14.6 Å². The molecular weight excluding hydrogens is 410 g/mol. The van der Waals surface area contributed by atoms with Crippen molar-refractivity contribution in [3.63, 3.8) is 0 Å². The molecule has 1 amide bonds. The number of methoxy groups -OCH3 is 2. The van der Waals surface area contributed by atoms with Crippen LogP contribution in [0.1, 0.15) is 34.9 Å². The third-order valence-corrected chi connectivity index (χ3v) is 7.51. The van der Waals surface area contributed by atoms with E-state index in [9.17, 15) is 4.79 Å². The predicted molar refractivity (Wildman–Crippen MR) is 124 cm³/mol. The Hall–Kier alpha value is -2.09. The Labute approximate surface area is 189 Å². The number of thiophene rings is 1. The third kappa shape index (κ3) is 5.05. The van der Waals surface area contributed by atoms with Gasteiger partial charge in [-0.25, -0.2) is 0 Å². The summed E-state index contributed by atoms with van der Waals surface area (Å²) in [5.74, 6) is 1.80. The molecule has 2 aromatic rings. The molecule has 3 heterocycles. The van der Waals surface area contributed by atoms with E-state index in [0.717, 1.165) is 57.2 Å². The molecule has 0 N–H and O–H groups in total. The van der Waals surface area contributed by atoms with Crippen LogP contribution >= 0.6 is 11.3 Å². The van der Waals surface area contributed by atoms with Crippen molar-refractivity contribution in [3.05, 3.63) is 45.6 Å². The molecule has 2 saturated heterocycles. The Morgan fingerprint density at radius 1 is 1.10 bits per heavy atom. The van der Waals surface area contributed by atoms with Crippen molar-refractivity contribution >= 4 is 17.2 Å². The second-order valence-electron chi connectivity index (χ2n) is 8.43. The van der Waals surface area contributed by atoms with Crippen LogP contribution in [-0.4, -0.2) is 74.1 Å². The monoisotopic (exact) mass is 443 g/mol. The standard InChI is InChI=1S/C24H33N3O3S/c1-18-14-21(29-2)22(30-3)15-19(18)16-25-9-11-26(12-10-25)24(28)17-27-8-4-6-20(27)23-7-5-13-31-23/h5,7,13-15,20H,4,6,8-12,16-17H2,1-3H3. The van der Waals surface area contributed by atoms with Crippen molar-refractivity contribution in [1.29, 1.82) is 0 Å². The van der Waals surface area contributed by atoms with Crippen molar-refractivity contribution in [3.8, 4) is 11.5 Å². The molecule has 0 radical (unpaired) electrons. The normalized spacial score (nSPS) is 20.2. The molecule has 2 aliphatic rings. The number of ether oxygens (including phenoxy) is 2. The van der Waals surface area contributed by atoms with E-state index in [2.05, 4.69) is 40.3 Å². The van der Waals surface area contributed by atoms with Crippen LogP contribution in [0.25, 0.3) is 0 Å². The number of hydrogen-bond donors (Lipinski definition) is 0. The number of amides is 1. The Balaban J connectivity index is 1.30. The van der Waals surface area contributed by atoms with Crippen LogP contribution in [0, 0.1) is 6.92 Å². The van der Waals surface area contributed by atoms with Gasteiger partial charge >= 0.3 is 0 Å². The number of carbonyl (C=O) groups excluding carboxylic acids is 1. The fraction of sp³-hybridized carbons (Fsp3) is 0.542. The average Bonchev–Trinajstić information content (AvgIpc) is 3.47. The first-order valence-electron chi connectivity index (χ1n) is 11.1. The highest BCUT2D eigenvalue weighted by Crippen LogP contribution is 2.34. The lowest BCUT2D eigenvalue weighted by Gasteiger charge is -2.36. The first kappa shape index (κ1) is 22.1. The zero-order chi connectivity index (χ0) is 21.8. The molecular formula is C24H33N3O3S. The summed E-state index contributed by atoms with van der Waals surface area (Å²) in [6, 6.07) is 8.83. The van der Waals surface area contributed by atoms with Crippen LogP contribution in [0.3, 0.4) is 0 Å². The molecule has 0 aliphatic carbocycles. The second kappa shape index (κ2) is 10.0. The van der Waals surface area contributed by atoms with Gasteiger partial charge in [-0.15, -0.1) is 11.3 Å². The first-order chi connectivity index (χ1) is 15.1. The van der Waals surface area contributed by atoms with E-state index in [-0.39, 0.29) is 5.91 Å². The Morgan fingerprint density at radius 3 is 2.52 bits per heavy atom. The molecule has 2 fully saturated rings. The maximum absolute atomic E-state index is 13.0. The lowest BCUT2D eigenvalue weighted by atomic mass is 10.1. The Kier molecular flexibility index (Phi) is 7.15. The summed E-state index contributed by atoms with van der Waals surface area (Å²) in [6.07, 6.45) is 2.33. The molecule has 6 nitrogen and oxygen atoms in total. The number of nitrogens with zero attached hydrogens (tertiary/aromatic N) is 3. The highest BCUT2D eigenvalue weighted by Gasteiger charge is 2.30. The summed E-state index contributed by atoms with van der Waals surface area (Å²) in [7, 11) is 3.34. The van der Waals surface area contributed by atoms with Gasteiger partial charge in [-0.1, -0.05) is 6.07 Å².